The molecule has 0 aliphatic carbocycles. The summed E-state index contributed by atoms with van der Waals surface area (Å²) in [6.07, 6.45) is 3.64. The molecule has 3 nitrogen and oxygen atoms in total. The van der Waals surface area contributed by atoms with Gasteiger partial charge in [0.05, 0.1) is 0 Å². The van der Waals surface area contributed by atoms with Crippen LogP contribution in [0.4, 0.5) is 10.1 Å². The van der Waals surface area contributed by atoms with Gasteiger partial charge in [0.1, 0.15) is 5.82 Å². The minimum Gasteiger partial charge on any atom is -0.384 e. The zero-order chi connectivity index (χ0) is 13.5. The van der Waals surface area contributed by atoms with Crippen LogP contribution < -0.4 is 5.32 Å². The van der Waals surface area contributed by atoms with Crippen LogP contribution in [-0.2, 0) is 6.54 Å². The van der Waals surface area contributed by atoms with Gasteiger partial charge in [-0.05, 0) is 36.9 Å². The van der Waals surface area contributed by atoms with Crippen molar-refractivity contribution in [2.24, 2.45) is 0 Å². The predicted molar refractivity (Wildman–Crippen MR) is 75.5 cm³/mol. The fourth-order valence-electron chi connectivity index (χ4n) is 1.87. The topological polar surface area (TPSA) is 28.2 Å². The van der Waals surface area contributed by atoms with Crippen LogP contribution in [0.1, 0.15) is 5.56 Å². The molecule has 19 heavy (non-hydrogen) atoms. The quantitative estimate of drug-likeness (QED) is 0.864. The van der Waals surface area contributed by atoms with Crippen molar-refractivity contribution in [3.05, 3.63) is 60.2 Å². The molecular formula is C15H18FN3. The van der Waals surface area contributed by atoms with Gasteiger partial charge in [0.25, 0.3) is 0 Å². The molecule has 2 rings (SSSR count). The predicted octanol–water partition coefficient (Wildman–Crippen LogP) is 2.76. The van der Waals surface area contributed by atoms with Crippen LogP contribution in [0.25, 0.3) is 0 Å². The SMILES string of the molecule is CN(CCNc1cccc(F)c1)Cc1cccnc1. The van der Waals surface area contributed by atoms with Crippen molar-refractivity contribution in [2.45, 2.75) is 6.54 Å². The number of benzene rings is 1. The summed E-state index contributed by atoms with van der Waals surface area (Å²) in [6.45, 7) is 2.52. The molecule has 0 fully saturated rings. The van der Waals surface area contributed by atoms with Crippen molar-refractivity contribution in [3.8, 4) is 0 Å². The Labute approximate surface area is 113 Å². The largest absolute Gasteiger partial charge is 0.384 e. The van der Waals surface area contributed by atoms with E-state index in [-0.39, 0.29) is 5.82 Å². The Morgan fingerprint density at radius 2 is 2.16 bits per heavy atom. The fraction of sp³-hybridized carbons (Fsp3) is 0.267. The number of nitrogens with one attached hydrogen (secondary N) is 1. The highest BCUT2D eigenvalue weighted by atomic mass is 19.1. The molecule has 0 aliphatic heterocycles. The summed E-state index contributed by atoms with van der Waals surface area (Å²) in [7, 11) is 2.06. The number of likely N-dealkylation sites (N-methyl/N-ethyl adjacent to an activating group) is 1. The molecule has 1 aromatic carbocycles. The van der Waals surface area contributed by atoms with Gasteiger partial charge in [-0.25, -0.2) is 4.39 Å². The molecule has 1 N–H and O–H groups in total. The molecule has 0 saturated heterocycles. The maximum absolute atomic E-state index is 13.0. The molecule has 4 heteroatoms. The van der Waals surface area contributed by atoms with Crippen LogP contribution in [0, 0.1) is 5.82 Å². The molecular weight excluding hydrogens is 241 g/mol. The number of hydrogen-bond donors (Lipinski definition) is 1. The van der Waals surface area contributed by atoms with Gasteiger partial charge in [-0.2, -0.15) is 0 Å². The van der Waals surface area contributed by atoms with Gasteiger partial charge >= 0.3 is 0 Å². The average molecular weight is 259 g/mol. The third kappa shape index (κ3) is 4.67. The van der Waals surface area contributed by atoms with Crippen molar-refractivity contribution < 1.29 is 4.39 Å². The highest BCUT2D eigenvalue weighted by Crippen LogP contribution is 2.08. The van der Waals surface area contributed by atoms with Crippen molar-refractivity contribution in [1.29, 1.82) is 0 Å². The number of rotatable bonds is 6. The van der Waals surface area contributed by atoms with E-state index in [9.17, 15) is 4.39 Å². The summed E-state index contributed by atoms with van der Waals surface area (Å²) in [4.78, 5) is 6.29. The number of aromatic nitrogens is 1. The molecule has 0 radical (unpaired) electrons. The Kier molecular flexibility index (Phi) is 4.86. The number of hydrogen-bond acceptors (Lipinski definition) is 3. The van der Waals surface area contributed by atoms with Crippen LogP contribution >= 0.6 is 0 Å². The summed E-state index contributed by atoms with van der Waals surface area (Å²) in [5, 5.41) is 3.20. The molecule has 1 aromatic heterocycles. The lowest BCUT2D eigenvalue weighted by molar-refractivity contribution is 0.339. The first-order valence-corrected chi connectivity index (χ1v) is 6.31. The second-order valence-corrected chi connectivity index (χ2v) is 4.54. The Hall–Kier alpha value is -1.94. The van der Waals surface area contributed by atoms with Crippen LogP contribution in [-0.4, -0.2) is 30.0 Å². The van der Waals surface area contributed by atoms with E-state index in [0.29, 0.717) is 0 Å². The second-order valence-electron chi connectivity index (χ2n) is 4.54. The fourth-order valence-corrected chi connectivity index (χ4v) is 1.87. The molecule has 0 spiro atoms. The summed E-state index contributed by atoms with van der Waals surface area (Å²) in [5.41, 5.74) is 2.01. The lowest BCUT2D eigenvalue weighted by atomic mass is 10.2. The standard InChI is InChI=1S/C15H18FN3/c1-19(12-13-4-3-7-17-11-13)9-8-18-15-6-2-5-14(16)10-15/h2-7,10-11,18H,8-9,12H2,1H3. The van der Waals surface area contributed by atoms with E-state index in [1.165, 1.54) is 17.7 Å². The molecule has 2 aromatic rings. The van der Waals surface area contributed by atoms with Crippen molar-refractivity contribution in [1.82, 2.24) is 9.88 Å². The van der Waals surface area contributed by atoms with Gasteiger partial charge in [-0.15, -0.1) is 0 Å². The van der Waals surface area contributed by atoms with Crippen LogP contribution in [0.2, 0.25) is 0 Å². The van der Waals surface area contributed by atoms with Crippen LogP contribution in [0.15, 0.2) is 48.8 Å². The van der Waals surface area contributed by atoms with Crippen LogP contribution in [0.3, 0.4) is 0 Å². The maximum atomic E-state index is 13.0. The molecule has 100 valence electrons. The van der Waals surface area contributed by atoms with E-state index >= 15 is 0 Å². The lowest BCUT2D eigenvalue weighted by Crippen LogP contribution is -2.24. The minimum atomic E-state index is -0.214. The first kappa shape index (κ1) is 13.5. The molecule has 0 aliphatic rings. The highest BCUT2D eigenvalue weighted by Gasteiger charge is 2.00. The van der Waals surface area contributed by atoms with E-state index < -0.39 is 0 Å². The third-order valence-electron chi connectivity index (χ3n) is 2.82. The average Bonchev–Trinajstić information content (AvgIpc) is 2.40. The molecule has 0 saturated carbocycles. The first-order valence-electron chi connectivity index (χ1n) is 6.31. The number of pyridine rings is 1. The van der Waals surface area contributed by atoms with Crippen molar-refractivity contribution in [2.75, 3.05) is 25.5 Å². The van der Waals surface area contributed by atoms with Gasteiger partial charge in [0.15, 0.2) is 0 Å². The van der Waals surface area contributed by atoms with E-state index in [2.05, 4.69) is 28.3 Å². The number of halogens is 1. The molecule has 0 bridgehead atoms. The van der Waals surface area contributed by atoms with Gasteiger partial charge < -0.3 is 10.2 Å². The van der Waals surface area contributed by atoms with E-state index in [1.807, 2.05) is 18.3 Å². The summed E-state index contributed by atoms with van der Waals surface area (Å²) < 4.78 is 13.0. The third-order valence-corrected chi connectivity index (χ3v) is 2.82. The second kappa shape index (κ2) is 6.85. The minimum absolute atomic E-state index is 0.214. The Bertz CT molecular complexity index is 502. The van der Waals surface area contributed by atoms with Gasteiger partial charge in [-0.1, -0.05) is 12.1 Å². The van der Waals surface area contributed by atoms with Gasteiger partial charge in [0, 0.05) is 37.7 Å². The van der Waals surface area contributed by atoms with Gasteiger partial charge in [0.2, 0.25) is 0 Å². The Morgan fingerprint density at radius 1 is 1.26 bits per heavy atom. The first-order chi connectivity index (χ1) is 9.24. The smallest absolute Gasteiger partial charge is 0.125 e. The van der Waals surface area contributed by atoms with E-state index in [4.69, 9.17) is 0 Å². The Morgan fingerprint density at radius 3 is 2.89 bits per heavy atom. The summed E-state index contributed by atoms with van der Waals surface area (Å²) in [5.74, 6) is -0.214. The number of nitrogens with zero attached hydrogens (tertiary/aromatic N) is 2. The van der Waals surface area contributed by atoms with Crippen molar-refractivity contribution in [3.63, 3.8) is 0 Å². The monoisotopic (exact) mass is 259 g/mol. The van der Waals surface area contributed by atoms with Crippen LogP contribution in [0.5, 0.6) is 0 Å². The lowest BCUT2D eigenvalue weighted by Gasteiger charge is -2.17. The Balaban J connectivity index is 1.73. The van der Waals surface area contributed by atoms with E-state index in [1.54, 1.807) is 12.3 Å². The molecule has 1 heterocycles. The number of anilines is 1. The highest BCUT2D eigenvalue weighted by molar-refractivity contribution is 5.42. The van der Waals surface area contributed by atoms with Crippen molar-refractivity contribution >= 4 is 5.69 Å². The van der Waals surface area contributed by atoms with Gasteiger partial charge in [-0.3, -0.25) is 4.98 Å². The maximum Gasteiger partial charge on any atom is 0.125 e. The summed E-state index contributed by atoms with van der Waals surface area (Å²) >= 11 is 0. The molecule has 0 unspecified atom stereocenters. The summed E-state index contributed by atoms with van der Waals surface area (Å²) in [6, 6.07) is 10.5. The van der Waals surface area contributed by atoms with E-state index in [0.717, 1.165) is 25.3 Å². The zero-order valence-electron chi connectivity index (χ0n) is 11.0. The molecule has 0 atom stereocenters. The molecule has 0 amide bonds. The normalized spacial score (nSPS) is 10.7. The zero-order valence-corrected chi connectivity index (χ0v) is 11.0.